The van der Waals surface area contributed by atoms with Gasteiger partial charge in [0.25, 0.3) is 6.71 Å². The highest BCUT2D eigenvalue weighted by atomic mass is 32.1. The molecule has 0 radical (unpaired) electrons. The molecular weight excluding hydrogens is 962 g/mol. The van der Waals surface area contributed by atoms with E-state index >= 15 is 0 Å². The van der Waals surface area contributed by atoms with Crippen molar-refractivity contribution in [3.05, 3.63) is 184 Å². The fraction of sp³-hybridized carbons (Fsp3) is 0.342. The molecule has 3 nitrogen and oxygen atoms in total. The zero-order valence-corrected chi connectivity index (χ0v) is 48.2. The molecule has 0 N–H and O–H groups in total. The van der Waals surface area contributed by atoms with Gasteiger partial charge in [-0.1, -0.05) is 153 Å². The van der Waals surface area contributed by atoms with Crippen molar-refractivity contribution in [3.8, 4) is 11.1 Å². The van der Waals surface area contributed by atoms with E-state index in [0.717, 1.165) is 25.7 Å². The van der Waals surface area contributed by atoms with Crippen LogP contribution in [0.2, 0.25) is 0 Å². The number of fused-ring (bicyclic) bond motifs is 22. The van der Waals surface area contributed by atoms with Crippen LogP contribution in [0.3, 0.4) is 0 Å². The number of rotatable bonds is 1. The van der Waals surface area contributed by atoms with Crippen LogP contribution in [0.1, 0.15) is 164 Å². The smallest absolute Gasteiger partial charge is 0.254 e. The summed E-state index contributed by atoms with van der Waals surface area (Å²) in [7, 11) is 0. The van der Waals surface area contributed by atoms with E-state index in [0.29, 0.717) is 0 Å². The third kappa shape index (κ3) is 5.58. The molecule has 17 rings (SSSR count). The van der Waals surface area contributed by atoms with E-state index in [4.69, 9.17) is 0 Å². The summed E-state index contributed by atoms with van der Waals surface area (Å²) < 4.78 is 2.78. The van der Waals surface area contributed by atoms with Crippen LogP contribution in [0, 0.1) is 6.92 Å². The first-order valence-corrected chi connectivity index (χ1v) is 30.4. The second-order valence-electron chi connectivity index (χ2n) is 28.1. The lowest BCUT2D eigenvalue weighted by Gasteiger charge is -2.51. The molecule has 5 heterocycles. The molecule has 78 heavy (non-hydrogen) atoms. The summed E-state index contributed by atoms with van der Waals surface area (Å²) in [6.45, 7) is 25.4. The topological polar surface area (TPSA) is 9.72 Å². The number of hydrogen-bond donors (Lipinski definition) is 0. The highest BCUT2D eigenvalue weighted by Gasteiger charge is 2.59. The predicted octanol–water partition coefficient (Wildman–Crippen LogP) is 17.8. The molecule has 5 heteroatoms. The van der Waals surface area contributed by atoms with Gasteiger partial charge in [-0.05, 0) is 201 Å². The van der Waals surface area contributed by atoms with Crippen molar-refractivity contribution in [1.29, 1.82) is 0 Å². The molecule has 8 aromatic carbocycles. The monoisotopic (exact) mass is 1030 g/mol. The average Bonchev–Trinajstić information content (AvgIpc) is 1.85. The molecule has 8 aliphatic rings. The first-order chi connectivity index (χ1) is 37.4. The molecule has 6 bridgehead atoms. The molecule has 9 aromatic rings. The number of nitrogens with zero attached hydrogens (tertiary/aromatic N) is 3. The Labute approximate surface area is 466 Å². The van der Waals surface area contributed by atoms with E-state index < -0.39 is 0 Å². The Morgan fingerprint density at radius 3 is 1.96 bits per heavy atom. The molecule has 3 unspecified atom stereocenters. The SMILES string of the molecule is Cc1cc2c3cc1N1c4cc(cc5c4B(c4cc6c(cc4N5c4cccc5c4-c4ccccc4C5)C(C)(C)CCC6(C)C)c4c1ccc1c4sc4ccccc41)N1c4cc(ccc4C4(C)CCCCC14C)C3(C)CCC2(C)C. The Morgan fingerprint density at radius 1 is 0.474 bits per heavy atom. The first kappa shape index (κ1) is 46.4. The maximum atomic E-state index is 2.93. The summed E-state index contributed by atoms with van der Waals surface area (Å²) >= 11 is 2.02. The Kier molecular flexibility index (Phi) is 8.80. The van der Waals surface area contributed by atoms with Crippen LogP contribution >= 0.6 is 11.3 Å². The maximum Gasteiger partial charge on any atom is 0.254 e. The fourth-order valence-corrected chi connectivity index (χ4v) is 19.2. The van der Waals surface area contributed by atoms with E-state index in [1.54, 1.807) is 0 Å². The second-order valence-corrected chi connectivity index (χ2v) is 29.2. The van der Waals surface area contributed by atoms with E-state index in [9.17, 15) is 0 Å². The Balaban J connectivity index is 1.08. The van der Waals surface area contributed by atoms with Gasteiger partial charge in [-0.15, -0.1) is 11.3 Å². The van der Waals surface area contributed by atoms with Gasteiger partial charge in [-0.25, -0.2) is 0 Å². The molecule has 4 aliphatic heterocycles. The van der Waals surface area contributed by atoms with Gasteiger partial charge < -0.3 is 14.7 Å². The van der Waals surface area contributed by atoms with E-state index in [1.807, 2.05) is 11.3 Å². The predicted molar refractivity (Wildman–Crippen MR) is 333 cm³/mol. The molecule has 3 atom stereocenters. The van der Waals surface area contributed by atoms with Crippen molar-refractivity contribution in [1.82, 2.24) is 0 Å². The lowest BCUT2D eigenvalue weighted by atomic mass is 9.33. The zero-order chi connectivity index (χ0) is 52.9. The van der Waals surface area contributed by atoms with Gasteiger partial charge in [0.1, 0.15) is 0 Å². The number of thiophene rings is 1. The third-order valence-corrected chi connectivity index (χ3v) is 23.9. The van der Waals surface area contributed by atoms with Gasteiger partial charge in [-0.3, -0.25) is 0 Å². The molecule has 386 valence electrons. The number of anilines is 8. The van der Waals surface area contributed by atoms with Crippen LogP contribution in [-0.4, -0.2) is 12.3 Å². The van der Waals surface area contributed by atoms with Crippen molar-refractivity contribution < 1.29 is 0 Å². The van der Waals surface area contributed by atoms with Crippen LogP contribution in [-0.2, 0) is 33.5 Å². The molecule has 0 amide bonds. The van der Waals surface area contributed by atoms with Crippen LogP contribution < -0.4 is 31.1 Å². The molecule has 4 aliphatic carbocycles. The van der Waals surface area contributed by atoms with Crippen LogP contribution in [0.5, 0.6) is 0 Å². The van der Waals surface area contributed by atoms with Crippen molar-refractivity contribution in [2.75, 3.05) is 14.7 Å². The van der Waals surface area contributed by atoms with Crippen molar-refractivity contribution in [3.63, 3.8) is 0 Å². The van der Waals surface area contributed by atoms with Gasteiger partial charge in [0, 0.05) is 71.0 Å². The van der Waals surface area contributed by atoms with Crippen molar-refractivity contribution >= 4 is 100 Å². The van der Waals surface area contributed by atoms with Gasteiger partial charge in [0.15, 0.2) is 0 Å². The Hall–Kier alpha value is -6.56. The third-order valence-electron chi connectivity index (χ3n) is 22.7. The summed E-state index contributed by atoms with van der Waals surface area (Å²) in [5, 5.41) is 2.73. The van der Waals surface area contributed by atoms with Gasteiger partial charge in [-0.2, -0.15) is 0 Å². The minimum atomic E-state index is -0.175. The average molecular weight is 1030 g/mol. The quantitative estimate of drug-likeness (QED) is 0.152. The molecular formula is C73H70BN3S. The van der Waals surface area contributed by atoms with Crippen LogP contribution in [0.25, 0.3) is 31.3 Å². The number of aryl methyl sites for hydroxylation is 1. The van der Waals surface area contributed by atoms with Crippen molar-refractivity contribution in [2.45, 2.75) is 160 Å². The highest BCUT2D eigenvalue weighted by molar-refractivity contribution is 7.28. The lowest BCUT2D eigenvalue weighted by Crippen LogP contribution is -2.62. The summed E-state index contributed by atoms with van der Waals surface area (Å²) in [6, 6.07) is 54.9. The number of hydrogen-bond acceptors (Lipinski definition) is 4. The Bertz CT molecular complexity index is 4230. The van der Waals surface area contributed by atoms with E-state index in [1.165, 1.54) is 175 Å². The van der Waals surface area contributed by atoms with E-state index in [-0.39, 0.29) is 39.3 Å². The lowest BCUT2D eigenvalue weighted by molar-refractivity contribution is 0.195. The Morgan fingerprint density at radius 2 is 1.15 bits per heavy atom. The molecule has 1 saturated carbocycles. The summed E-state index contributed by atoms with van der Waals surface area (Å²) in [5.41, 5.74) is 30.7. The first-order valence-electron chi connectivity index (χ1n) is 29.6. The van der Waals surface area contributed by atoms with Crippen molar-refractivity contribution in [2.24, 2.45) is 0 Å². The standard InChI is InChI=1S/C73H70BN3S/c1-42-34-51-54-41-58(42)76-57-27-25-49-48-21-13-14-23-63(48)78-67(49)66(57)74-55-39-52-53(69(4,5)31-30-68(52,2)3)40-60(55)75(56-22-17-19-44-35-43-18-11-12-20-47(43)64(44)56)61-37-46(38-62(76)65(61)74)77-59-36-45(71(54,8)33-32-70(51,6)7)24-26-50(59)72(9)28-15-16-29-73(72,77)10/h11-14,17-27,34,36-41H,15-16,28-33,35H2,1-10H3. The highest BCUT2D eigenvalue weighted by Crippen LogP contribution is 2.64. The largest absolute Gasteiger partial charge is 0.334 e. The molecule has 0 spiro atoms. The molecule has 1 fully saturated rings. The molecule has 0 saturated heterocycles. The van der Waals surface area contributed by atoms with Gasteiger partial charge in [0.2, 0.25) is 0 Å². The minimum Gasteiger partial charge on any atom is -0.334 e. The summed E-state index contributed by atoms with van der Waals surface area (Å²) in [5.74, 6) is 0. The van der Waals surface area contributed by atoms with E-state index in [2.05, 4.69) is 217 Å². The normalized spacial score (nSPS) is 24.4. The molecule has 1 aromatic heterocycles. The van der Waals surface area contributed by atoms with Crippen LogP contribution in [0.15, 0.2) is 133 Å². The maximum absolute atomic E-state index is 2.93. The van der Waals surface area contributed by atoms with Gasteiger partial charge in [0.05, 0.1) is 11.2 Å². The zero-order valence-electron chi connectivity index (χ0n) is 47.4. The van der Waals surface area contributed by atoms with Gasteiger partial charge >= 0.3 is 0 Å². The van der Waals surface area contributed by atoms with Crippen LogP contribution in [0.4, 0.5) is 45.5 Å². The summed E-state index contributed by atoms with van der Waals surface area (Å²) in [4.78, 5) is 8.56. The number of benzene rings is 8. The fourth-order valence-electron chi connectivity index (χ4n) is 17.9. The second kappa shape index (κ2) is 14.8. The summed E-state index contributed by atoms with van der Waals surface area (Å²) in [6.07, 6.45) is 10.4. The minimum absolute atomic E-state index is 0.0158.